The van der Waals surface area contributed by atoms with E-state index in [1.54, 1.807) is 11.0 Å². The Morgan fingerprint density at radius 1 is 1.24 bits per heavy atom. The molecule has 1 aliphatic rings. The van der Waals surface area contributed by atoms with E-state index in [9.17, 15) is 9.59 Å². The molecule has 0 radical (unpaired) electrons. The summed E-state index contributed by atoms with van der Waals surface area (Å²) in [4.78, 5) is 25.6. The number of aromatic nitrogens is 1. The number of hydrogen-bond donors (Lipinski definition) is 0. The first-order valence-corrected chi connectivity index (χ1v) is 6.98. The summed E-state index contributed by atoms with van der Waals surface area (Å²) in [5.74, 6) is -0.377. The van der Waals surface area contributed by atoms with E-state index in [1.165, 1.54) is 7.11 Å². The minimum atomic E-state index is -0.530. The van der Waals surface area contributed by atoms with E-state index in [4.69, 9.17) is 9.47 Å². The molecule has 0 N–H and O–H groups in total. The summed E-state index contributed by atoms with van der Waals surface area (Å²) < 4.78 is 12.2. The van der Waals surface area contributed by atoms with Crippen LogP contribution in [0.25, 0.3) is 0 Å². The van der Waals surface area contributed by atoms with Gasteiger partial charge in [0.2, 0.25) is 0 Å². The molecule has 0 fully saturated rings. The normalized spacial score (nSPS) is 14.6. The van der Waals surface area contributed by atoms with Crippen molar-refractivity contribution < 1.29 is 19.1 Å². The fourth-order valence-electron chi connectivity index (χ4n) is 2.46. The van der Waals surface area contributed by atoms with Gasteiger partial charge in [-0.05, 0) is 33.8 Å². The van der Waals surface area contributed by atoms with E-state index in [0.29, 0.717) is 25.2 Å². The number of aryl methyl sites for hydroxylation is 1. The van der Waals surface area contributed by atoms with Crippen molar-refractivity contribution in [3.05, 3.63) is 23.0 Å². The highest BCUT2D eigenvalue weighted by Gasteiger charge is 2.29. The monoisotopic (exact) mass is 294 g/mol. The predicted octanol–water partition coefficient (Wildman–Crippen LogP) is 2.33. The average molecular weight is 294 g/mol. The lowest BCUT2D eigenvalue weighted by Gasteiger charge is -2.31. The van der Waals surface area contributed by atoms with Crippen LogP contribution in [0.1, 0.15) is 42.5 Å². The third-order valence-corrected chi connectivity index (χ3v) is 3.41. The number of amides is 1. The topological polar surface area (TPSA) is 60.8 Å². The van der Waals surface area contributed by atoms with Crippen LogP contribution in [0.3, 0.4) is 0 Å². The van der Waals surface area contributed by atoms with Crippen LogP contribution < -0.4 is 0 Å². The maximum absolute atomic E-state index is 12.2. The number of methoxy groups -OCH3 is 1. The van der Waals surface area contributed by atoms with Gasteiger partial charge >= 0.3 is 12.1 Å². The van der Waals surface area contributed by atoms with Crippen LogP contribution in [0.5, 0.6) is 0 Å². The smallest absolute Gasteiger partial charge is 0.410 e. The summed E-state index contributed by atoms with van der Waals surface area (Å²) in [7, 11) is 1.36. The quantitative estimate of drug-likeness (QED) is 0.746. The number of fused-ring (bicyclic) bond motifs is 1. The molecule has 0 spiro atoms. The number of rotatable bonds is 1. The van der Waals surface area contributed by atoms with Gasteiger partial charge in [0.15, 0.2) is 0 Å². The van der Waals surface area contributed by atoms with Gasteiger partial charge in [-0.15, -0.1) is 0 Å². The van der Waals surface area contributed by atoms with Crippen molar-refractivity contribution in [3.63, 3.8) is 0 Å². The molecule has 1 aromatic rings. The van der Waals surface area contributed by atoms with Gasteiger partial charge in [0, 0.05) is 18.8 Å². The largest absolute Gasteiger partial charge is 0.465 e. The van der Waals surface area contributed by atoms with Crippen molar-refractivity contribution in [1.29, 1.82) is 0 Å². The SMILES string of the molecule is COC(=O)c1cc(C)n2c1CN(C(=O)OC(C)(C)C)CC2. The Labute approximate surface area is 124 Å². The summed E-state index contributed by atoms with van der Waals surface area (Å²) in [6.07, 6.45) is -0.358. The van der Waals surface area contributed by atoms with Gasteiger partial charge < -0.3 is 18.9 Å². The highest BCUT2D eigenvalue weighted by atomic mass is 16.6. The summed E-state index contributed by atoms with van der Waals surface area (Å²) >= 11 is 0. The van der Waals surface area contributed by atoms with Crippen molar-refractivity contribution in [3.8, 4) is 0 Å². The number of carbonyl (C=O) groups excluding carboxylic acids is 2. The van der Waals surface area contributed by atoms with E-state index in [0.717, 1.165) is 11.4 Å². The molecule has 2 rings (SSSR count). The zero-order valence-electron chi connectivity index (χ0n) is 13.2. The second-order valence-electron chi connectivity index (χ2n) is 6.19. The third-order valence-electron chi connectivity index (χ3n) is 3.41. The molecular weight excluding hydrogens is 272 g/mol. The van der Waals surface area contributed by atoms with Crippen LogP contribution >= 0.6 is 0 Å². The molecule has 1 aromatic heterocycles. The minimum absolute atomic E-state index is 0.354. The second kappa shape index (κ2) is 5.42. The van der Waals surface area contributed by atoms with Crippen molar-refractivity contribution in [1.82, 2.24) is 9.47 Å². The molecule has 0 aliphatic carbocycles. The summed E-state index contributed by atoms with van der Waals surface area (Å²) in [6.45, 7) is 9.02. The Hall–Kier alpha value is -1.98. The molecule has 21 heavy (non-hydrogen) atoms. The maximum atomic E-state index is 12.2. The summed E-state index contributed by atoms with van der Waals surface area (Å²) in [5, 5.41) is 0. The zero-order chi connectivity index (χ0) is 15.8. The predicted molar refractivity (Wildman–Crippen MR) is 77.2 cm³/mol. The van der Waals surface area contributed by atoms with Crippen LogP contribution in [0.4, 0.5) is 4.79 Å². The van der Waals surface area contributed by atoms with E-state index < -0.39 is 5.60 Å². The van der Waals surface area contributed by atoms with Gasteiger partial charge in [-0.25, -0.2) is 9.59 Å². The minimum Gasteiger partial charge on any atom is -0.465 e. The van der Waals surface area contributed by atoms with Crippen molar-refractivity contribution in [2.75, 3.05) is 13.7 Å². The van der Waals surface area contributed by atoms with Gasteiger partial charge in [0.05, 0.1) is 24.9 Å². The Bertz CT molecular complexity index is 569. The molecule has 0 saturated carbocycles. The third kappa shape index (κ3) is 3.20. The fourth-order valence-corrected chi connectivity index (χ4v) is 2.46. The van der Waals surface area contributed by atoms with Gasteiger partial charge in [0.1, 0.15) is 5.60 Å². The van der Waals surface area contributed by atoms with Gasteiger partial charge in [-0.3, -0.25) is 0 Å². The Kier molecular flexibility index (Phi) is 3.98. The molecule has 116 valence electrons. The molecule has 6 nitrogen and oxygen atoms in total. The van der Waals surface area contributed by atoms with E-state index in [-0.39, 0.29) is 12.1 Å². The highest BCUT2D eigenvalue weighted by Crippen LogP contribution is 2.23. The molecule has 6 heteroatoms. The molecule has 0 bridgehead atoms. The first-order valence-electron chi connectivity index (χ1n) is 6.98. The lowest BCUT2D eigenvalue weighted by molar-refractivity contribution is 0.0195. The van der Waals surface area contributed by atoms with E-state index in [2.05, 4.69) is 0 Å². The highest BCUT2D eigenvalue weighted by molar-refractivity contribution is 5.91. The Balaban J connectivity index is 2.23. The van der Waals surface area contributed by atoms with Gasteiger partial charge in [-0.2, -0.15) is 0 Å². The molecule has 0 atom stereocenters. The van der Waals surface area contributed by atoms with Crippen LogP contribution in [0.15, 0.2) is 6.07 Å². The Morgan fingerprint density at radius 2 is 1.90 bits per heavy atom. The number of ether oxygens (including phenoxy) is 2. The second-order valence-corrected chi connectivity index (χ2v) is 6.19. The van der Waals surface area contributed by atoms with Crippen LogP contribution in [-0.4, -0.2) is 40.8 Å². The number of hydrogen-bond acceptors (Lipinski definition) is 4. The Morgan fingerprint density at radius 3 is 2.48 bits per heavy atom. The van der Waals surface area contributed by atoms with Crippen LogP contribution in [0.2, 0.25) is 0 Å². The molecule has 0 unspecified atom stereocenters. The number of esters is 1. The summed E-state index contributed by atoms with van der Waals surface area (Å²) in [6, 6.07) is 1.81. The molecule has 0 aromatic carbocycles. The first kappa shape index (κ1) is 15.4. The van der Waals surface area contributed by atoms with Gasteiger partial charge in [0.25, 0.3) is 0 Å². The van der Waals surface area contributed by atoms with Crippen molar-refractivity contribution in [2.24, 2.45) is 0 Å². The number of carbonyl (C=O) groups is 2. The molecular formula is C15H22N2O4. The molecule has 1 amide bonds. The summed E-state index contributed by atoms with van der Waals surface area (Å²) in [5.41, 5.74) is 1.78. The van der Waals surface area contributed by atoms with Gasteiger partial charge in [-0.1, -0.05) is 0 Å². The molecule has 2 heterocycles. The fraction of sp³-hybridized carbons (Fsp3) is 0.600. The maximum Gasteiger partial charge on any atom is 0.410 e. The molecule has 1 aliphatic heterocycles. The lowest BCUT2D eigenvalue weighted by atomic mass is 10.2. The first-order chi connectivity index (χ1) is 9.73. The van der Waals surface area contributed by atoms with Crippen LogP contribution in [0, 0.1) is 6.92 Å². The zero-order valence-corrected chi connectivity index (χ0v) is 13.2. The molecule has 0 saturated heterocycles. The lowest BCUT2D eigenvalue weighted by Crippen LogP contribution is -2.42. The number of nitrogens with zero attached hydrogens (tertiary/aromatic N) is 2. The van der Waals surface area contributed by atoms with E-state index in [1.807, 2.05) is 32.3 Å². The van der Waals surface area contributed by atoms with Crippen molar-refractivity contribution >= 4 is 12.1 Å². The van der Waals surface area contributed by atoms with Crippen molar-refractivity contribution in [2.45, 2.75) is 46.4 Å². The standard InChI is InChI=1S/C15H22N2O4/c1-10-8-11(13(18)20-5)12-9-16(6-7-17(10)12)14(19)21-15(2,3)4/h8H,6-7,9H2,1-5H3. The average Bonchev–Trinajstić information content (AvgIpc) is 2.73. The van der Waals surface area contributed by atoms with E-state index >= 15 is 0 Å². The van der Waals surface area contributed by atoms with Crippen LogP contribution in [-0.2, 0) is 22.6 Å².